The van der Waals surface area contributed by atoms with Crippen LogP contribution in [0.5, 0.6) is 0 Å². The molecular weight excluding hydrogens is 146 g/mol. The van der Waals surface area contributed by atoms with Crippen LogP contribution in [-0.2, 0) is 13.0 Å². The molecule has 0 amide bonds. The normalized spacial score (nSPS) is 15.8. The quantitative estimate of drug-likeness (QED) is 0.613. The first-order valence-electron chi connectivity index (χ1n) is 4.57. The highest BCUT2D eigenvalue weighted by Gasteiger charge is 2.10. The van der Waals surface area contributed by atoms with Crippen molar-refractivity contribution in [1.82, 2.24) is 5.32 Å². The highest BCUT2D eigenvalue weighted by molar-refractivity contribution is 5.40. The van der Waals surface area contributed by atoms with Gasteiger partial charge in [-0.25, -0.2) is 0 Å². The fourth-order valence-corrected chi connectivity index (χ4v) is 1.85. The number of fused-ring (bicyclic) bond motifs is 1. The van der Waals surface area contributed by atoms with Gasteiger partial charge in [-0.2, -0.15) is 0 Å². The number of aryl methyl sites for hydroxylation is 1. The molecule has 0 spiro atoms. The lowest BCUT2D eigenvalue weighted by molar-refractivity contribution is 0.640. The highest BCUT2D eigenvalue weighted by Crippen LogP contribution is 2.20. The van der Waals surface area contributed by atoms with Gasteiger partial charge >= 0.3 is 0 Å². The Hall–Kier alpha value is -0.820. The Labute approximate surface area is 73.8 Å². The van der Waals surface area contributed by atoms with Crippen LogP contribution in [0.4, 0.5) is 0 Å². The molecule has 0 saturated heterocycles. The zero-order valence-electron chi connectivity index (χ0n) is 7.78. The van der Waals surface area contributed by atoms with E-state index in [-0.39, 0.29) is 0 Å². The van der Waals surface area contributed by atoms with E-state index in [0.29, 0.717) is 0 Å². The Bertz CT molecular complexity index is 302. The lowest BCUT2D eigenvalue weighted by Gasteiger charge is -2.20. The average Bonchev–Trinajstić information content (AvgIpc) is 2.12. The second kappa shape index (κ2) is 2.91. The zero-order chi connectivity index (χ0) is 8.55. The maximum absolute atomic E-state index is 3.41. The summed E-state index contributed by atoms with van der Waals surface area (Å²) in [5, 5.41) is 3.41. The van der Waals surface area contributed by atoms with Gasteiger partial charge in [0.2, 0.25) is 0 Å². The molecule has 12 heavy (non-hydrogen) atoms. The number of rotatable bonds is 0. The van der Waals surface area contributed by atoms with Gasteiger partial charge < -0.3 is 5.32 Å². The molecule has 1 heterocycles. The lowest BCUT2D eigenvalue weighted by atomic mass is 9.94. The van der Waals surface area contributed by atoms with E-state index in [1.54, 1.807) is 0 Å². The second-order valence-corrected chi connectivity index (χ2v) is 3.57. The van der Waals surface area contributed by atoms with Crippen molar-refractivity contribution < 1.29 is 0 Å². The van der Waals surface area contributed by atoms with E-state index in [9.17, 15) is 0 Å². The first-order valence-corrected chi connectivity index (χ1v) is 4.57. The second-order valence-electron chi connectivity index (χ2n) is 3.57. The van der Waals surface area contributed by atoms with E-state index < -0.39 is 0 Å². The molecule has 1 N–H and O–H groups in total. The third-order valence-corrected chi connectivity index (χ3v) is 2.84. The van der Waals surface area contributed by atoms with Crippen molar-refractivity contribution in [3.8, 4) is 0 Å². The molecule has 0 unspecified atom stereocenters. The van der Waals surface area contributed by atoms with Crippen LogP contribution < -0.4 is 5.32 Å². The molecule has 1 aromatic carbocycles. The molecule has 2 rings (SSSR count). The molecule has 0 fully saturated rings. The molecule has 1 aromatic rings. The number of nitrogens with one attached hydrogen (secondary N) is 1. The summed E-state index contributed by atoms with van der Waals surface area (Å²) in [6.07, 6.45) is 1.19. The van der Waals surface area contributed by atoms with Gasteiger partial charge in [0.15, 0.2) is 0 Å². The summed E-state index contributed by atoms with van der Waals surface area (Å²) in [5.74, 6) is 0. The summed E-state index contributed by atoms with van der Waals surface area (Å²) < 4.78 is 0. The van der Waals surface area contributed by atoms with Gasteiger partial charge in [0.1, 0.15) is 0 Å². The molecule has 0 saturated carbocycles. The van der Waals surface area contributed by atoms with E-state index in [1.165, 1.54) is 28.7 Å². The van der Waals surface area contributed by atoms with Gasteiger partial charge in [-0.3, -0.25) is 0 Å². The van der Waals surface area contributed by atoms with Crippen LogP contribution in [0.3, 0.4) is 0 Å². The topological polar surface area (TPSA) is 12.0 Å². The standard InChI is InChI=1S/C11H15N/c1-8-3-4-10-5-6-12-7-11(10)9(8)2/h3-4,12H,5-7H2,1-2H3. The third-order valence-electron chi connectivity index (χ3n) is 2.84. The summed E-state index contributed by atoms with van der Waals surface area (Å²) in [6.45, 7) is 6.60. The summed E-state index contributed by atoms with van der Waals surface area (Å²) in [5.41, 5.74) is 5.95. The van der Waals surface area contributed by atoms with Crippen molar-refractivity contribution in [3.63, 3.8) is 0 Å². The maximum Gasteiger partial charge on any atom is 0.0211 e. The summed E-state index contributed by atoms with van der Waals surface area (Å²) in [6, 6.07) is 4.51. The molecule has 64 valence electrons. The van der Waals surface area contributed by atoms with Gasteiger partial charge in [0.25, 0.3) is 0 Å². The number of benzene rings is 1. The van der Waals surface area contributed by atoms with Crippen LogP contribution in [-0.4, -0.2) is 6.54 Å². The Morgan fingerprint density at radius 1 is 1.25 bits per heavy atom. The monoisotopic (exact) mass is 161 g/mol. The largest absolute Gasteiger partial charge is 0.312 e. The first kappa shape index (κ1) is 7.81. The van der Waals surface area contributed by atoms with Crippen molar-refractivity contribution in [3.05, 3.63) is 34.4 Å². The Balaban J connectivity index is 2.54. The zero-order valence-corrected chi connectivity index (χ0v) is 7.78. The minimum atomic E-state index is 1.06. The third kappa shape index (κ3) is 1.14. The number of hydrogen-bond acceptors (Lipinski definition) is 1. The summed E-state index contributed by atoms with van der Waals surface area (Å²) in [4.78, 5) is 0. The Kier molecular flexibility index (Phi) is 1.89. The first-order chi connectivity index (χ1) is 5.79. The molecule has 0 aliphatic carbocycles. The minimum absolute atomic E-state index is 1.06. The van der Waals surface area contributed by atoms with E-state index >= 15 is 0 Å². The molecule has 0 bridgehead atoms. The molecule has 0 atom stereocenters. The predicted molar refractivity (Wildman–Crippen MR) is 51.3 cm³/mol. The fourth-order valence-electron chi connectivity index (χ4n) is 1.85. The van der Waals surface area contributed by atoms with Crippen LogP contribution >= 0.6 is 0 Å². The molecular formula is C11H15N. The van der Waals surface area contributed by atoms with E-state index in [0.717, 1.165) is 13.1 Å². The van der Waals surface area contributed by atoms with Gasteiger partial charge in [-0.1, -0.05) is 12.1 Å². The smallest absolute Gasteiger partial charge is 0.0211 e. The highest BCUT2D eigenvalue weighted by atomic mass is 14.9. The van der Waals surface area contributed by atoms with E-state index in [2.05, 4.69) is 31.3 Å². The van der Waals surface area contributed by atoms with Crippen molar-refractivity contribution in [2.75, 3.05) is 6.54 Å². The summed E-state index contributed by atoms with van der Waals surface area (Å²) in [7, 11) is 0. The van der Waals surface area contributed by atoms with Crippen LogP contribution in [0.15, 0.2) is 12.1 Å². The van der Waals surface area contributed by atoms with Crippen LogP contribution in [0, 0.1) is 13.8 Å². The van der Waals surface area contributed by atoms with E-state index in [4.69, 9.17) is 0 Å². The fraction of sp³-hybridized carbons (Fsp3) is 0.455. The number of hydrogen-bond donors (Lipinski definition) is 1. The molecule has 1 heteroatoms. The molecule has 0 radical (unpaired) electrons. The van der Waals surface area contributed by atoms with Gasteiger partial charge in [0.05, 0.1) is 0 Å². The van der Waals surface area contributed by atoms with E-state index in [1.807, 2.05) is 0 Å². The predicted octanol–water partition coefficient (Wildman–Crippen LogP) is 1.95. The SMILES string of the molecule is Cc1ccc2c(c1C)CNCC2. The Morgan fingerprint density at radius 3 is 2.92 bits per heavy atom. The average molecular weight is 161 g/mol. The molecule has 1 aliphatic heterocycles. The van der Waals surface area contributed by atoms with Crippen LogP contribution in [0.1, 0.15) is 22.3 Å². The molecule has 1 aliphatic rings. The van der Waals surface area contributed by atoms with Gasteiger partial charge in [0, 0.05) is 6.54 Å². The minimum Gasteiger partial charge on any atom is -0.312 e. The van der Waals surface area contributed by atoms with Crippen molar-refractivity contribution >= 4 is 0 Å². The maximum atomic E-state index is 3.41. The van der Waals surface area contributed by atoms with Crippen LogP contribution in [0.25, 0.3) is 0 Å². The van der Waals surface area contributed by atoms with Crippen LogP contribution in [0.2, 0.25) is 0 Å². The van der Waals surface area contributed by atoms with Crippen molar-refractivity contribution in [1.29, 1.82) is 0 Å². The molecule has 1 nitrogen and oxygen atoms in total. The van der Waals surface area contributed by atoms with Crippen molar-refractivity contribution in [2.45, 2.75) is 26.8 Å². The van der Waals surface area contributed by atoms with Gasteiger partial charge in [-0.15, -0.1) is 0 Å². The lowest BCUT2D eigenvalue weighted by Crippen LogP contribution is -2.24. The van der Waals surface area contributed by atoms with Gasteiger partial charge in [-0.05, 0) is 49.1 Å². The molecule has 0 aromatic heterocycles. The Morgan fingerprint density at radius 2 is 2.08 bits per heavy atom. The van der Waals surface area contributed by atoms with Crippen molar-refractivity contribution in [2.24, 2.45) is 0 Å². The summed E-state index contributed by atoms with van der Waals surface area (Å²) >= 11 is 0.